The van der Waals surface area contributed by atoms with E-state index in [9.17, 15) is 31.5 Å². The predicted octanol–water partition coefficient (Wildman–Crippen LogP) is 4.36. The van der Waals surface area contributed by atoms with Gasteiger partial charge in [-0.1, -0.05) is 24.3 Å². The number of aliphatic hydroxyl groups is 1. The molecule has 2 atom stereocenters. The predicted molar refractivity (Wildman–Crippen MR) is 159 cm³/mol. The van der Waals surface area contributed by atoms with Crippen LogP contribution in [0, 0.1) is 5.82 Å². The van der Waals surface area contributed by atoms with Crippen molar-refractivity contribution in [3.8, 4) is 11.6 Å². The zero-order valence-electron chi connectivity index (χ0n) is 25.1. The molecule has 1 saturated carbocycles. The third-order valence-corrected chi connectivity index (χ3v) is 9.47. The Morgan fingerprint density at radius 1 is 1.13 bits per heavy atom. The van der Waals surface area contributed by atoms with Crippen LogP contribution in [0.25, 0.3) is 0 Å². The third-order valence-electron chi connectivity index (χ3n) is 8.20. The van der Waals surface area contributed by atoms with Crippen LogP contribution < -0.4 is 20.1 Å². The fourth-order valence-electron chi connectivity index (χ4n) is 5.73. The second-order valence-electron chi connectivity index (χ2n) is 11.3. The molecule has 3 aromatic rings. The summed E-state index contributed by atoms with van der Waals surface area (Å²) in [5, 5.41) is 15.1. The van der Waals surface area contributed by atoms with Crippen LogP contribution in [-0.4, -0.2) is 72.4 Å². The van der Waals surface area contributed by atoms with Gasteiger partial charge in [0.25, 0.3) is 5.91 Å². The van der Waals surface area contributed by atoms with Crippen LogP contribution in [0.1, 0.15) is 58.8 Å². The molecule has 1 fully saturated rings. The smallest absolute Gasteiger partial charge is 0.423 e. The maximum atomic E-state index is 15.2. The van der Waals surface area contributed by atoms with Crippen molar-refractivity contribution in [2.45, 2.75) is 62.6 Å². The summed E-state index contributed by atoms with van der Waals surface area (Å²) in [6.07, 6.45) is -2.71. The topological polar surface area (TPSA) is 143 Å². The molecule has 5 rings (SSSR count). The van der Waals surface area contributed by atoms with Gasteiger partial charge in [-0.3, -0.25) is 4.79 Å². The van der Waals surface area contributed by atoms with E-state index in [0.717, 1.165) is 22.7 Å². The number of sulfonamides is 1. The minimum Gasteiger partial charge on any atom is -0.495 e. The van der Waals surface area contributed by atoms with E-state index in [0.29, 0.717) is 43.0 Å². The molecular weight excluding hydrogens is 634 g/mol. The first-order valence-electron chi connectivity index (χ1n) is 14.4. The van der Waals surface area contributed by atoms with E-state index < -0.39 is 63.6 Å². The van der Waals surface area contributed by atoms with Gasteiger partial charge in [0.05, 0.1) is 36.8 Å². The van der Waals surface area contributed by atoms with Crippen molar-refractivity contribution in [3.05, 3.63) is 70.7 Å². The van der Waals surface area contributed by atoms with Crippen molar-refractivity contribution in [3.63, 3.8) is 0 Å². The lowest BCUT2D eigenvalue weighted by Gasteiger charge is -2.29. The molecule has 11 nitrogen and oxygen atoms in total. The van der Waals surface area contributed by atoms with Crippen molar-refractivity contribution in [1.82, 2.24) is 19.6 Å². The number of rotatable bonds is 9. The number of nitrogens with zero attached hydrogens (tertiary/aromatic N) is 3. The van der Waals surface area contributed by atoms with E-state index >= 15 is 4.39 Å². The second kappa shape index (κ2) is 13.0. The number of benzene rings is 2. The average Bonchev–Trinajstić information content (AvgIpc) is 3.34. The van der Waals surface area contributed by atoms with Gasteiger partial charge in [-0.2, -0.15) is 22.5 Å². The Hall–Kier alpha value is -4.02. The number of likely N-dealkylation sites (N-methyl/N-ethyl adjacent to an activating group) is 1. The summed E-state index contributed by atoms with van der Waals surface area (Å²) in [5.41, 5.74) is -0.389. The molecule has 3 N–H and O–H groups in total. The zero-order chi connectivity index (χ0) is 33.4. The van der Waals surface area contributed by atoms with Crippen molar-refractivity contribution in [2.24, 2.45) is 0 Å². The van der Waals surface area contributed by atoms with E-state index in [1.807, 2.05) is 0 Å². The summed E-state index contributed by atoms with van der Waals surface area (Å²) in [6, 6.07) is 7.76. The number of methoxy groups -OCH3 is 1. The summed E-state index contributed by atoms with van der Waals surface area (Å²) < 4.78 is 94.5. The van der Waals surface area contributed by atoms with Crippen LogP contribution in [-0.2, 0) is 22.6 Å². The van der Waals surface area contributed by atoms with Gasteiger partial charge in [-0.25, -0.2) is 17.8 Å². The fraction of sp³-hybridized carbons (Fsp3) is 0.433. The number of aromatic nitrogens is 2. The summed E-state index contributed by atoms with van der Waals surface area (Å²) >= 11 is 0. The normalized spacial score (nSPS) is 21.5. The Labute approximate surface area is 263 Å². The van der Waals surface area contributed by atoms with E-state index in [4.69, 9.17) is 9.47 Å². The molecule has 0 spiro atoms. The van der Waals surface area contributed by atoms with E-state index in [1.165, 1.54) is 14.2 Å². The average molecular weight is 668 g/mol. The van der Waals surface area contributed by atoms with Crippen LogP contribution in [0.4, 0.5) is 29.2 Å². The molecule has 2 aromatic carbocycles. The van der Waals surface area contributed by atoms with E-state index in [-0.39, 0.29) is 29.5 Å². The van der Waals surface area contributed by atoms with Gasteiger partial charge in [0.15, 0.2) is 0 Å². The summed E-state index contributed by atoms with van der Waals surface area (Å²) in [6.45, 7) is 0. The number of anilines is 2. The third kappa shape index (κ3) is 7.18. The van der Waals surface area contributed by atoms with Gasteiger partial charge in [0.1, 0.15) is 23.2 Å². The number of aliphatic hydroxyl groups excluding tert-OH is 1. The van der Waals surface area contributed by atoms with Crippen molar-refractivity contribution < 1.29 is 45.4 Å². The SMILES string of the molecule is COc1cc(C(=O)NC2CCC(O)CC2)c(F)cc1Nc1ncc(C(F)(F)F)c(O[C@@H]2Cc3ccccc3[C@H]2N(C)S(C)(=O)=O)n1. The van der Waals surface area contributed by atoms with E-state index in [2.05, 4.69) is 20.6 Å². The van der Waals surface area contributed by atoms with Crippen LogP contribution in [0.3, 0.4) is 0 Å². The summed E-state index contributed by atoms with van der Waals surface area (Å²) in [7, 11) is -1.19. The Morgan fingerprint density at radius 2 is 1.83 bits per heavy atom. The fourth-order valence-corrected chi connectivity index (χ4v) is 6.39. The number of fused-ring (bicyclic) bond motifs is 1. The van der Waals surface area contributed by atoms with Crippen molar-refractivity contribution >= 4 is 27.6 Å². The summed E-state index contributed by atoms with van der Waals surface area (Å²) in [4.78, 5) is 20.5. The maximum Gasteiger partial charge on any atom is 0.423 e. The van der Waals surface area contributed by atoms with Crippen LogP contribution in [0.2, 0.25) is 0 Å². The molecule has 2 aliphatic carbocycles. The zero-order valence-corrected chi connectivity index (χ0v) is 26.0. The summed E-state index contributed by atoms with van der Waals surface area (Å²) in [5.74, 6) is -2.89. The van der Waals surface area contributed by atoms with E-state index in [1.54, 1.807) is 24.3 Å². The van der Waals surface area contributed by atoms with Crippen LogP contribution in [0.5, 0.6) is 11.6 Å². The number of halogens is 4. The van der Waals surface area contributed by atoms with Gasteiger partial charge in [-0.05, 0) is 42.9 Å². The Morgan fingerprint density at radius 3 is 2.48 bits per heavy atom. The van der Waals surface area contributed by atoms with Crippen molar-refractivity contribution in [2.75, 3.05) is 25.7 Å². The number of ether oxygens (including phenoxy) is 2. The number of nitrogens with one attached hydrogen (secondary N) is 2. The first kappa shape index (κ1) is 33.3. The molecule has 1 aromatic heterocycles. The molecule has 2 aliphatic rings. The number of carbonyl (C=O) groups is 1. The van der Waals surface area contributed by atoms with Crippen molar-refractivity contribution in [1.29, 1.82) is 0 Å². The number of alkyl halides is 3. The highest BCUT2D eigenvalue weighted by Gasteiger charge is 2.43. The lowest BCUT2D eigenvalue weighted by molar-refractivity contribution is -0.140. The van der Waals surface area contributed by atoms with Gasteiger partial charge in [-0.15, -0.1) is 0 Å². The maximum absolute atomic E-state index is 15.2. The molecule has 16 heteroatoms. The molecule has 248 valence electrons. The van der Waals surface area contributed by atoms with Gasteiger partial charge in [0.2, 0.25) is 21.9 Å². The Kier molecular flexibility index (Phi) is 9.42. The van der Waals surface area contributed by atoms with Gasteiger partial charge >= 0.3 is 6.18 Å². The monoisotopic (exact) mass is 667 g/mol. The minimum absolute atomic E-state index is 0.0160. The molecule has 1 amide bonds. The standard InChI is InChI=1S/C30H33F4N5O6S/c1-39(46(3,42)43)26-19-7-5-4-6-16(19)12-25(26)45-28-21(30(32,33)34)15-35-29(38-28)37-23-14-22(31)20(13-24(23)44-2)27(41)36-17-8-10-18(40)11-9-17/h4-7,13-15,17-18,25-26,40H,8-12H2,1-3H3,(H,36,41)(H,35,37,38)/t17?,18?,25-,26-/m1/s1. The molecule has 0 radical (unpaired) electrons. The highest BCUT2D eigenvalue weighted by atomic mass is 32.2. The molecule has 0 unspecified atom stereocenters. The number of amides is 1. The lowest BCUT2D eigenvalue weighted by atomic mass is 9.93. The Bertz CT molecular complexity index is 1720. The largest absolute Gasteiger partial charge is 0.495 e. The van der Waals surface area contributed by atoms with Gasteiger partial charge in [0, 0.05) is 31.8 Å². The number of carbonyl (C=O) groups excluding carboxylic acids is 1. The number of hydrogen-bond donors (Lipinski definition) is 3. The minimum atomic E-state index is -4.92. The highest BCUT2D eigenvalue weighted by molar-refractivity contribution is 7.88. The first-order chi connectivity index (χ1) is 21.7. The van der Waals surface area contributed by atoms with Crippen LogP contribution in [0.15, 0.2) is 42.6 Å². The highest BCUT2D eigenvalue weighted by Crippen LogP contribution is 2.42. The molecule has 1 heterocycles. The molecule has 0 bridgehead atoms. The molecule has 46 heavy (non-hydrogen) atoms. The van der Waals surface area contributed by atoms with Crippen LogP contribution >= 0.6 is 0 Å². The Balaban J connectivity index is 1.43. The molecule has 0 aliphatic heterocycles. The molecule has 0 saturated heterocycles. The quantitative estimate of drug-likeness (QED) is 0.284. The molecular formula is C30H33F4N5O6S. The first-order valence-corrected chi connectivity index (χ1v) is 16.3. The van der Waals surface area contributed by atoms with Gasteiger partial charge < -0.3 is 25.2 Å². The number of hydrogen-bond acceptors (Lipinski definition) is 9. The lowest BCUT2D eigenvalue weighted by Crippen LogP contribution is -2.38. The second-order valence-corrected chi connectivity index (χ2v) is 13.4.